The highest BCUT2D eigenvalue weighted by Crippen LogP contribution is 2.41. The van der Waals surface area contributed by atoms with Gasteiger partial charge in [0, 0.05) is 29.8 Å². The summed E-state index contributed by atoms with van der Waals surface area (Å²) in [4.78, 5) is 20.8. The third-order valence-corrected chi connectivity index (χ3v) is 7.04. The smallest absolute Gasteiger partial charge is 0.335 e. The quantitative estimate of drug-likeness (QED) is 0.452. The van der Waals surface area contributed by atoms with Crippen molar-refractivity contribution in [3.05, 3.63) is 82.4 Å². The third kappa shape index (κ3) is 4.94. The molecule has 0 spiro atoms. The molecule has 2 atom stereocenters. The molecule has 2 N–H and O–H groups in total. The third-order valence-electron chi connectivity index (χ3n) is 6.69. The lowest BCUT2D eigenvalue weighted by atomic mass is 9.96. The molecule has 184 valence electrons. The minimum Gasteiger partial charge on any atom is -0.478 e. The number of hydrogen-bond acceptors (Lipinski definition) is 4. The molecule has 4 rings (SSSR count). The number of aromatic nitrogens is 2. The van der Waals surface area contributed by atoms with Gasteiger partial charge in [-0.2, -0.15) is 0 Å². The molecule has 1 aromatic carbocycles. The van der Waals surface area contributed by atoms with Gasteiger partial charge in [-0.25, -0.2) is 4.79 Å². The number of benzene rings is 1. The van der Waals surface area contributed by atoms with E-state index in [4.69, 9.17) is 12.2 Å². The second-order valence-electron chi connectivity index (χ2n) is 9.45. The summed E-state index contributed by atoms with van der Waals surface area (Å²) in [7, 11) is 4.16. The molecular formula is C27H33N5O2S. The highest BCUT2D eigenvalue weighted by molar-refractivity contribution is 7.80. The van der Waals surface area contributed by atoms with Crippen molar-refractivity contribution in [2.45, 2.75) is 39.3 Å². The van der Waals surface area contributed by atoms with Crippen LogP contribution in [0.25, 0.3) is 5.69 Å². The van der Waals surface area contributed by atoms with Crippen LogP contribution in [0, 0.1) is 20.8 Å². The van der Waals surface area contributed by atoms with Crippen LogP contribution < -0.4 is 5.32 Å². The fraction of sp³-hybridized carbons (Fsp3) is 0.370. The van der Waals surface area contributed by atoms with Gasteiger partial charge in [-0.15, -0.1) is 0 Å². The van der Waals surface area contributed by atoms with Crippen molar-refractivity contribution in [2.75, 3.05) is 27.2 Å². The molecule has 0 amide bonds. The van der Waals surface area contributed by atoms with Gasteiger partial charge in [0.15, 0.2) is 5.11 Å². The lowest BCUT2D eigenvalue weighted by Gasteiger charge is -2.28. The van der Waals surface area contributed by atoms with E-state index in [0.717, 1.165) is 58.5 Å². The van der Waals surface area contributed by atoms with Crippen molar-refractivity contribution in [3.8, 4) is 5.69 Å². The number of carbonyl (C=O) groups is 1. The van der Waals surface area contributed by atoms with Crippen LogP contribution in [0.15, 0.2) is 48.7 Å². The Morgan fingerprint density at radius 1 is 1.17 bits per heavy atom. The Morgan fingerprint density at radius 3 is 2.60 bits per heavy atom. The van der Waals surface area contributed by atoms with Gasteiger partial charge in [-0.05, 0) is 102 Å². The van der Waals surface area contributed by atoms with Crippen molar-refractivity contribution in [1.82, 2.24) is 24.7 Å². The van der Waals surface area contributed by atoms with Crippen LogP contribution in [0.3, 0.4) is 0 Å². The lowest BCUT2D eigenvalue weighted by molar-refractivity contribution is 0.0697. The first-order valence-electron chi connectivity index (χ1n) is 11.8. The number of nitrogens with one attached hydrogen (secondary N) is 1. The van der Waals surface area contributed by atoms with Gasteiger partial charge in [-0.1, -0.05) is 12.1 Å². The van der Waals surface area contributed by atoms with Gasteiger partial charge >= 0.3 is 5.97 Å². The number of pyridine rings is 1. The minimum atomic E-state index is -0.929. The van der Waals surface area contributed by atoms with Crippen molar-refractivity contribution in [3.63, 3.8) is 0 Å². The number of carboxylic acid groups (broad SMARTS) is 1. The second kappa shape index (κ2) is 10.2. The van der Waals surface area contributed by atoms with E-state index in [2.05, 4.69) is 58.7 Å². The number of nitrogens with zero attached hydrogens (tertiary/aromatic N) is 4. The topological polar surface area (TPSA) is 73.6 Å². The zero-order valence-corrected chi connectivity index (χ0v) is 21.8. The zero-order chi connectivity index (χ0) is 25.3. The van der Waals surface area contributed by atoms with Crippen molar-refractivity contribution in [1.29, 1.82) is 0 Å². The van der Waals surface area contributed by atoms with Gasteiger partial charge in [0.2, 0.25) is 0 Å². The molecule has 8 heteroatoms. The average Bonchev–Trinajstić information content (AvgIpc) is 3.29. The standard InChI is InChI=1S/C27H33N5O2S/c1-17-10-11-20(26(33)34)16-23(17)32-18(2)15-21(19(32)3)25-24(22-9-6-7-12-28-22)29-27(35)31(25)14-8-13-30(4)5/h6-7,9-12,15-16,24-25H,8,13-14H2,1-5H3,(H,29,35)(H,33,34)/t24-,25-/m0/s1. The first-order chi connectivity index (χ1) is 16.7. The first-order valence-corrected chi connectivity index (χ1v) is 12.3. The summed E-state index contributed by atoms with van der Waals surface area (Å²) in [6, 6.07) is 13.3. The molecule has 0 radical (unpaired) electrons. The maximum absolute atomic E-state index is 11.7. The molecule has 0 saturated carbocycles. The van der Waals surface area contributed by atoms with E-state index < -0.39 is 5.97 Å². The number of rotatable bonds is 8. The molecule has 7 nitrogen and oxygen atoms in total. The van der Waals surface area contributed by atoms with Crippen LogP contribution in [0.4, 0.5) is 0 Å². The Hall–Kier alpha value is -3.23. The summed E-state index contributed by atoms with van der Waals surface area (Å²) in [6.07, 6.45) is 2.80. The predicted molar refractivity (Wildman–Crippen MR) is 142 cm³/mol. The maximum atomic E-state index is 11.7. The van der Waals surface area contributed by atoms with Crippen molar-refractivity contribution < 1.29 is 9.90 Å². The second-order valence-corrected chi connectivity index (χ2v) is 9.83. The van der Waals surface area contributed by atoms with E-state index in [0.29, 0.717) is 0 Å². The summed E-state index contributed by atoms with van der Waals surface area (Å²) in [5, 5.41) is 13.8. The molecular weight excluding hydrogens is 458 g/mol. The normalized spacial score (nSPS) is 17.8. The van der Waals surface area contributed by atoms with Crippen LogP contribution in [-0.2, 0) is 0 Å². The molecule has 35 heavy (non-hydrogen) atoms. The molecule has 3 aromatic rings. The van der Waals surface area contributed by atoms with E-state index in [1.54, 1.807) is 12.1 Å². The van der Waals surface area contributed by atoms with Crippen molar-refractivity contribution in [2.24, 2.45) is 0 Å². The van der Waals surface area contributed by atoms with Crippen molar-refractivity contribution >= 4 is 23.3 Å². The molecule has 2 aromatic heterocycles. The Labute approximate surface area is 212 Å². The van der Waals surface area contributed by atoms with E-state index in [1.807, 2.05) is 37.4 Å². The van der Waals surface area contributed by atoms with Crippen LogP contribution in [0.1, 0.15) is 57.1 Å². The fourth-order valence-corrected chi connectivity index (χ4v) is 5.32. The number of carboxylic acids is 1. The Morgan fingerprint density at radius 2 is 1.94 bits per heavy atom. The van der Waals surface area contributed by atoms with E-state index in [1.165, 1.54) is 0 Å². The molecule has 1 saturated heterocycles. The molecule has 3 heterocycles. The average molecular weight is 492 g/mol. The van der Waals surface area contributed by atoms with Gasteiger partial charge < -0.3 is 24.8 Å². The molecule has 1 aliphatic rings. The van der Waals surface area contributed by atoms with Crippen LogP contribution >= 0.6 is 12.2 Å². The highest BCUT2D eigenvalue weighted by atomic mass is 32.1. The molecule has 1 aliphatic heterocycles. The van der Waals surface area contributed by atoms with Crippen LogP contribution in [0.5, 0.6) is 0 Å². The van der Waals surface area contributed by atoms with Gasteiger partial charge in [-0.3, -0.25) is 4.98 Å². The summed E-state index contributed by atoms with van der Waals surface area (Å²) in [5.74, 6) is -0.929. The van der Waals surface area contributed by atoms with Gasteiger partial charge in [0.05, 0.1) is 23.3 Å². The largest absolute Gasteiger partial charge is 0.478 e. The Kier molecular flexibility index (Phi) is 7.23. The lowest BCUT2D eigenvalue weighted by Crippen LogP contribution is -2.32. The number of thiocarbonyl (C=S) groups is 1. The molecule has 0 bridgehead atoms. The Bertz CT molecular complexity index is 1240. The predicted octanol–water partition coefficient (Wildman–Crippen LogP) is 4.42. The number of aromatic carboxylic acids is 1. The summed E-state index contributed by atoms with van der Waals surface area (Å²) in [5.41, 5.74) is 6.41. The minimum absolute atomic E-state index is 0.0255. The molecule has 0 unspecified atom stereocenters. The molecule has 0 aliphatic carbocycles. The van der Waals surface area contributed by atoms with Crippen LogP contribution in [0.2, 0.25) is 0 Å². The number of aryl methyl sites for hydroxylation is 2. The summed E-state index contributed by atoms with van der Waals surface area (Å²) < 4.78 is 2.16. The highest BCUT2D eigenvalue weighted by Gasteiger charge is 2.41. The summed E-state index contributed by atoms with van der Waals surface area (Å²) in [6.45, 7) is 7.98. The van der Waals surface area contributed by atoms with E-state index in [-0.39, 0.29) is 17.6 Å². The van der Waals surface area contributed by atoms with E-state index >= 15 is 0 Å². The number of hydrogen-bond donors (Lipinski definition) is 2. The molecule has 1 fully saturated rings. The van der Waals surface area contributed by atoms with Gasteiger partial charge in [0.1, 0.15) is 0 Å². The zero-order valence-electron chi connectivity index (χ0n) is 20.9. The summed E-state index contributed by atoms with van der Waals surface area (Å²) >= 11 is 5.82. The fourth-order valence-electron chi connectivity index (χ4n) is 4.98. The maximum Gasteiger partial charge on any atom is 0.335 e. The van der Waals surface area contributed by atoms with Gasteiger partial charge in [0.25, 0.3) is 0 Å². The monoisotopic (exact) mass is 491 g/mol. The van der Waals surface area contributed by atoms with E-state index in [9.17, 15) is 9.90 Å². The first kappa shape index (κ1) is 24.9. The Balaban J connectivity index is 1.81. The van der Waals surface area contributed by atoms with Crippen LogP contribution in [-0.4, -0.2) is 62.7 Å². The SMILES string of the molecule is Cc1ccc(C(=O)O)cc1-n1c(C)cc([C@H]2[C@H](c3ccccn3)NC(=S)N2CCCN(C)C)c1C.